The molecule has 0 amide bonds. The largest absolute Gasteiger partial charge is 0.314 e. The van der Waals surface area contributed by atoms with Gasteiger partial charge in [0.05, 0.1) is 0 Å². The number of nitrogens with one attached hydrogen (secondary N) is 1. The second-order valence-electron chi connectivity index (χ2n) is 2.96. The van der Waals surface area contributed by atoms with E-state index in [0.29, 0.717) is 0 Å². The lowest BCUT2D eigenvalue weighted by atomic mass is 10.1. The third-order valence-corrected chi connectivity index (χ3v) is 3.21. The highest BCUT2D eigenvalue weighted by molar-refractivity contribution is 7.99. The molecule has 1 aliphatic heterocycles. The molecule has 1 fully saturated rings. The normalized spacial score (nSPS) is 34.2. The van der Waals surface area contributed by atoms with Crippen LogP contribution in [-0.2, 0) is 0 Å². The summed E-state index contributed by atoms with van der Waals surface area (Å²) >= 11 is 2.12. The number of hydrogen-bond acceptors (Lipinski definition) is 2. The van der Waals surface area contributed by atoms with Crippen molar-refractivity contribution >= 4 is 11.8 Å². The van der Waals surface area contributed by atoms with Crippen LogP contribution in [0.3, 0.4) is 0 Å². The molecule has 0 aromatic heterocycles. The average molecular weight is 159 g/mol. The van der Waals surface area contributed by atoms with Crippen molar-refractivity contribution in [3.8, 4) is 0 Å². The Morgan fingerprint density at radius 1 is 1.60 bits per heavy atom. The highest BCUT2D eigenvalue weighted by Gasteiger charge is 2.17. The Kier molecular flexibility index (Phi) is 3.57. The van der Waals surface area contributed by atoms with Crippen LogP contribution in [0, 0.1) is 0 Å². The fourth-order valence-corrected chi connectivity index (χ4v) is 2.65. The molecular formula is C8H17NS. The van der Waals surface area contributed by atoms with Crippen LogP contribution in [0.4, 0.5) is 0 Å². The van der Waals surface area contributed by atoms with Gasteiger partial charge in [0.2, 0.25) is 0 Å². The Bertz CT molecular complexity index is 93.3. The lowest BCUT2D eigenvalue weighted by molar-refractivity contribution is 0.434. The van der Waals surface area contributed by atoms with Gasteiger partial charge in [-0.05, 0) is 32.1 Å². The molecule has 1 N–H and O–H groups in total. The molecule has 0 saturated carbocycles. The first-order valence-corrected chi connectivity index (χ1v) is 5.22. The molecule has 0 spiro atoms. The quantitative estimate of drug-likeness (QED) is 0.660. The van der Waals surface area contributed by atoms with Gasteiger partial charge in [-0.15, -0.1) is 0 Å². The van der Waals surface area contributed by atoms with Gasteiger partial charge < -0.3 is 5.32 Å². The van der Waals surface area contributed by atoms with Crippen LogP contribution in [0.1, 0.15) is 26.7 Å². The van der Waals surface area contributed by atoms with Crippen LogP contribution in [-0.4, -0.2) is 23.6 Å². The fraction of sp³-hybridized carbons (Fsp3) is 1.00. The summed E-state index contributed by atoms with van der Waals surface area (Å²) in [7, 11) is 0. The van der Waals surface area contributed by atoms with E-state index in [2.05, 4.69) is 30.9 Å². The van der Waals surface area contributed by atoms with Crippen molar-refractivity contribution in [2.24, 2.45) is 0 Å². The van der Waals surface area contributed by atoms with Crippen LogP contribution in [0.2, 0.25) is 0 Å². The molecule has 1 rings (SSSR count). The molecule has 1 saturated heterocycles. The number of thioether (sulfide) groups is 1. The van der Waals surface area contributed by atoms with Crippen molar-refractivity contribution in [3.05, 3.63) is 0 Å². The van der Waals surface area contributed by atoms with Gasteiger partial charge in [0.1, 0.15) is 0 Å². The third kappa shape index (κ3) is 2.51. The molecule has 0 aromatic rings. The summed E-state index contributed by atoms with van der Waals surface area (Å²) in [6.45, 7) is 5.75. The predicted octanol–water partition coefficient (Wildman–Crippen LogP) is 1.88. The second-order valence-corrected chi connectivity index (χ2v) is 4.53. The van der Waals surface area contributed by atoms with Crippen LogP contribution in [0.25, 0.3) is 0 Å². The van der Waals surface area contributed by atoms with E-state index in [1.54, 1.807) is 0 Å². The van der Waals surface area contributed by atoms with Gasteiger partial charge in [-0.25, -0.2) is 0 Å². The van der Waals surface area contributed by atoms with Crippen LogP contribution in [0.5, 0.6) is 0 Å². The van der Waals surface area contributed by atoms with E-state index in [0.717, 1.165) is 11.3 Å². The molecule has 0 aromatic carbocycles. The van der Waals surface area contributed by atoms with Gasteiger partial charge >= 0.3 is 0 Å². The van der Waals surface area contributed by atoms with E-state index >= 15 is 0 Å². The summed E-state index contributed by atoms with van der Waals surface area (Å²) in [6.07, 6.45) is 2.72. The molecule has 2 heteroatoms. The zero-order valence-electron chi connectivity index (χ0n) is 6.89. The molecule has 0 unspecified atom stereocenters. The summed E-state index contributed by atoms with van der Waals surface area (Å²) < 4.78 is 0. The molecule has 2 atom stereocenters. The summed E-state index contributed by atoms with van der Waals surface area (Å²) in [4.78, 5) is 0. The van der Waals surface area contributed by atoms with E-state index in [4.69, 9.17) is 0 Å². The highest BCUT2D eigenvalue weighted by Crippen LogP contribution is 2.21. The number of rotatable bonds is 2. The fourth-order valence-electron chi connectivity index (χ4n) is 1.47. The van der Waals surface area contributed by atoms with Crippen LogP contribution < -0.4 is 5.32 Å². The zero-order chi connectivity index (χ0) is 7.40. The monoisotopic (exact) mass is 159 g/mol. The lowest BCUT2D eigenvalue weighted by Crippen LogP contribution is -2.37. The standard InChI is InChI=1S/C8H17NS/c1-3-10-8-4-5-9-7(2)6-8/h7-9H,3-6H2,1-2H3/t7-,8-/m1/s1. The van der Waals surface area contributed by atoms with E-state index in [9.17, 15) is 0 Å². The minimum Gasteiger partial charge on any atom is -0.314 e. The van der Waals surface area contributed by atoms with Gasteiger partial charge in [-0.2, -0.15) is 11.8 Å². The van der Waals surface area contributed by atoms with Gasteiger partial charge in [0.25, 0.3) is 0 Å². The molecule has 60 valence electrons. The number of hydrogen-bond donors (Lipinski definition) is 1. The third-order valence-electron chi connectivity index (χ3n) is 1.98. The Labute approximate surface area is 68.0 Å². The van der Waals surface area contributed by atoms with Crippen molar-refractivity contribution in [2.75, 3.05) is 12.3 Å². The van der Waals surface area contributed by atoms with E-state index in [1.165, 1.54) is 25.1 Å². The Hall–Kier alpha value is 0.310. The first-order chi connectivity index (χ1) is 4.83. The molecular weight excluding hydrogens is 142 g/mol. The summed E-state index contributed by atoms with van der Waals surface area (Å²) in [5.41, 5.74) is 0. The average Bonchev–Trinajstić information content (AvgIpc) is 1.88. The molecule has 0 aliphatic carbocycles. The van der Waals surface area contributed by atoms with E-state index < -0.39 is 0 Å². The van der Waals surface area contributed by atoms with Crippen LogP contribution in [0.15, 0.2) is 0 Å². The SMILES string of the molecule is CCS[C@@H]1CCN[C@H](C)C1. The van der Waals surface area contributed by atoms with Gasteiger partial charge in [-0.3, -0.25) is 0 Å². The van der Waals surface area contributed by atoms with Gasteiger partial charge in [0, 0.05) is 11.3 Å². The first kappa shape index (κ1) is 8.41. The van der Waals surface area contributed by atoms with E-state index in [1.807, 2.05) is 0 Å². The first-order valence-electron chi connectivity index (χ1n) is 4.18. The zero-order valence-corrected chi connectivity index (χ0v) is 7.71. The summed E-state index contributed by atoms with van der Waals surface area (Å²) in [5.74, 6) is 1.28. The minimum atomic E-state index is 0.748. The molecule has 10 heavy (non-hydrogen) atoms. The smallest absolute Gasteiger partial charge is 0.00737 e. The van der Waals surface area contributed by atoms with Crippen molar-refractivity contribution in [3.63, 3.8) is 0 Å². The Morgan fingerprint density at radius 2 is 2.40 bits per heavy atom. The second kappa shape index (κ2) is 4.24. The maximum atomic E-state index is 3.46. The molecule has 1 nitrogen and oxygen atoms in total. The highest BCUT2D eigenvalue weighted by atomic mass is 32.2. The Balaban J connectivity index is 2.18. The maximum absolute atomic E-state index is 3.46. The molecule has 1 heterocycles. The van der Waals surface area contributed by atoms with Crippen molar-refractivity contribution in [1.82, 2.24) is 5.32 Å². The van der Waals surface area contributed by atoms with Gasteiger partial charge in [0.15, 0.2) is 0 Å². The van der Waals surface area contributed by atoms with Crippen LogP contribution >= 0.6 is 11.8 Å². The lowest BCUT2D eigenvalue weighted by Gasteiger charge is -2.27. The van der Waals surface area contributed by atoms with Crippen molar-refractivity contribution in [2.45, 2.75) is 38.0 Å². The number of piperidine rings is 1. The predicted molar refractivity (Wildman–Crippen MR) is 48.6 cm³/mol. The van der Waals surface area contributed by atoms with Crippen molar-refractivity contribution < 1.29 is 0 Å². The maximum Gasteiger partial charge on any atom is 0.00737 e. The van der Waals surface area contributed by atoms with E-state index in [-0.39, 0.29) is 0 Å². The summed E-state index contributed by atoms with van der Waals surface area (Å²) in [6, 6.07) is 0.748. The summed E-state index contributed by atoms with van der Waals surface area (Å²) in [5, 5.41) is 4.39. The Morgan fingerprint density at radius 3 is 3.00 bits per heavy atom. The molecule has 1 aliphatic rings. The van der Waals surface area contributed by atoms with Gasteiger partial charge in [-0.1, -0.05) is 6.92 Å². The molecule has 0 bridgehead atoms. The molecule has 0 radical (unpaired) electrons. The van der Waals surface area contributed by atoms with Crippen molar-refractivity contribution in [1.29, 1.82) is 0 Å². The minimum absolute atomic E-state index is 0.748. The topological polar surface area (TPSA) is 12.0 Å².